The van der Waals surface area contributed by atoms with Crippen LogP contribution in [0.2, 0.25) is 0 Å². The van der Waals surface area contributed by atoms with Gasteiger partial charge in [0.2, 0.25) is 11.5 Å². The van der Waals surface area contributed by atoms with Crippen LogP contribution in [0.3, 0.4) is 0 Å². The van der Waals surface area contributed by atoms with E-state index in [9.17, 15) is 23.1 Å². The van der Waals surface area contributed by atoms with Crippen LogP contribution in [0.5, 0.6) is 0 Å². The van der Waals surface area contributed by atoms with Crippen molar-refractivity contribution < 1.29 is 23.1 Å². The lowest BCUT2D eigenvalue weighted by Crippen LogP contribution is -2.52. The van der Waals surface area contributed by atoms with Gasteiger partial charge in [-0.25, -0.2) is 9.50 Å². The highest BCUT2D eigenvalue weighted by atomic mass is 19.4. The molecule has 1 amide bonds. The number of fused-ring (bicyclic) bond motifs is 3. The number of aromatic nitrogens is 5. The van der Waals surface area contributed by atoms with Gasteiger partial charge in [-0.05, 0) is 37.3 Å². The summed E-state index contributed by atoms with van der Waals surface area (Å²) >= 11 is 0. The summed E-state index contributed by atoms with van der Waals surface area (Å²) in [6.07, 6.45) is 0.781. The number of rotatable bonds is 5. The third-order valence-electron chi connectivity index (χ3n) is 6.72. The first-order valence-electron chi connectivity index (χ1n) is 11.1. The molecule has 1 unspecified atom stereocenters. The number of hydrogen-bond acceptors (Lipinski definition) is 5. The van der Waals surface area contributed by atoms with Gasteiger partial charge in [-0.1, -0.05) is 35.5 Å². The Morgan fingerprint density at radius 1 is 1.15 bits per heavy atom. The van der Waals surface area contributed by atoms with Gasteiger partial charge in [0.25, 0.3) is 0 Å². The van der Waals surface area contributed by atoms with Gasteiger partial charge in [-0.3, -0.25) is 4.79 Å². The lowest BCUT2D eigenvalue weighted by atomic mass is 9.79. The molecule has 3 N–H and O–H groups in total. The Kier molecular flexibility index (Phi) is 5.51. The maximum Gasteiger partial charge on any atom is 0.423 e. The van der Waals surface area contributed by atoms with Crippen LogP contribution >= 0.6 is 0 Å². The molecule has 1 atom stereocenters. The van der Waals surface area contributed by atoms with E-state index >= 15 is 0 Å². The minimum atomic E-state index is -4.94. The van der Waals surface area contributed by atoms with Gasteiger partial charge in [0.15, 0.2) is 0 Å². The lowest BCUT2D eigenvalue weighted by molar-refractivity contribution is -0.264. The largest absolute Gasteiger partial charge is 0.423 e. The van der Waals surface area contributed by atoms with Crippen LogP contribution in [-0.4, -0.2) is 48.5 Å². The van der Waals surface area contributed by atoms with Crippen molar-refractivity contribution in [2.75, 3.05) is 6.54 Å². The summed E-state index contributed by atoms with van der Waals surface area (Å²) in [7, 11) is 0. The topological polar surface area (TPSA) is 108 Å². The van der Waals surface area contributed by atoms with E-state index < -0.39 is 30.1 Å². The zero-order valence-corrected chi connectivity index (χ0v) is 18.1. The van der Waals surface area contributed by atoms with Gasteiger partial charge >= 0.3 is 6.18 Å². The second-order valence-corrected chi connectivity index (χ2v) is 8.74. The zero-order chi connectivity index (χ0) is 23.9. The lowest BCUT2D eigenvalue weighted by Gasteiger charge is -2.32. The van der Waals surface area contributed by atoms with Crippen LogP contribution in [0.4, 0.5) is 13.2 Å². The van der Waals surface area contributed by atoms with E-state index in [0.717, 1.165) is 22.2 Å². The number of amides is 1. The Balaban J connectivity index is 1.26. The van der Waals surface area contributed by atoms with Gasteiger partial charge in [-0.15, -0.1) is 5.10 Å². The standard InChI is InChI=1S/C23H23F3N6O2/c24-23(25,26)22(34,16-4-2-1-3-5-16)12-28-21(33)15-8-6-14(7-9-15)18-19-17-10-11-27-20(17)29-13-32(19)31-30-18/h1-5,10-11,13-15,27,34H,6-9,12H2,(H,28,33). The second kappa shape index (κ2) is 8.39. The summed E-state index contributed by atoms with van der Waals surface area (Å²) in [6.45, 7) is -0.937. The predicted molar refractivity (Wildman–Crippen MR) is 117 cm³/mol. The molecule has 4 aromatic rings. The Morgan fingerprint density at radius 2 is 1.88 bits per heavy atom. The normalized spacial score (nSPS) is 20.9. The van der Waals surface area contributed by atoms with Gasteiger partial charge in [0.05, 0.1) is 12.2 Å². The third-order valence-corrected chi connectivity index (χ3v) is 6.72. The molecule has 0 spiro atoms. The molecule has 8 nitrogen and oxygen atoms in total. The number of H-pyrrole nitrogens is 1. The van der Waals surface area contributed by atoms with E-state index in [1.54, 1.807) is 23.1 Å². The fraction of sp³-hybridized carbons (Fsp3) is 0.391. The first-order valence-corrected chi connectivity index (χ1v) is 11.1. The summed E-state index contributed by atoms with van der Waals surface area (Å²) in [5.74, 6) is -0.833. The SMILES string of the molecule is O=C(NCC(O)(c1ccccc1)C(F)(F)F)C1CCC(c2nnn3cnc4[nH]ccc4c23)CC1. The second-order valence-electron chi connectivity index (χ2n) is 8.74. The highest BCUT2D eigenvalue weighted by Crippen LogP contribution is 2.40. The summed E-state index contributed by atoms with van der Waals surface area (Å²) in [4.78, 5) is 20.1. The van der Waals surface area contributed by atoms with Crippen molar-refractivity contribution in [3.63, 3.8) is 0 Å². The van der Waals surface area contributed by atoms with E-state index in [1.807, 2.05) is 6.07 Å². The van der Waals surface area contributed by atoms with Crippen molar-refractivity contribution in [3.05, 3.63) is 60.2 Å². The van der Waals surface area contributed by atoms with Crippen LogP contribution < -0.4 is 5.32 Å². The number of benzene rings is 1. The molecule has 0 saturated heterocycles. The molecule has 34 heavy (non-hydrogen) atoms. The molecular weight excluding hydrogens is 449 g/mol. The van der Waals surface area contributed by atoms with Gasteiger partial charge in [0, 0.05) is 23.4 Å². The summed E-state index contributed by atoms with van der Waals surface area (Å²) in [6, 6.07) is 8.71. The van der Waals surface area contributed by atoms with Crippen molar-refractivity contribution >= 4 is 22.5 Å². The maximum atomic E-state index is 13.7. The molecule has 0 radical (unpaired) electrons. The molecule has 3 heterocycles. The number of halogens is 3. The first kappa shape index (κ1) is 22.3. The van der Waals surface area contributed by atoms with Gasteiger partial charge in [-0.2, -0.15) is 13.2 Å². The fourth-order valence-electron chi connectivity index (χ4n) is 4.76. The molecule has 1 aromatic carbocycles. The molecule has 3 aromatic heterocycles. The average molecular weight is 472 g/mol. The molecule has 178 valence electrons. The molecular formula is C23H23F3N6O2. The van der Waals surface area contributed by atoms with Crippen LogP contribution in [0.25, 0.3) is 16.6 Å². The number of hydrogen-bond donors (Lipinski definition) is 3. The monoisotopic (exact) mass is 472 g/mol. The Labute approximate surface area is 192 Å². The highest BCUT2D eigenvalue weighted by Gasteiger charge is 2.55. The van der Waals surface area contributed by atoms with Crippen molar-refractivity contribution in [2.24, 2.45) is 5.92 Å². The van der Waals surface area contributed by atoms with Crippen LogP contribution in [0.1, 0.15) is 42.9 Å². The van der Waals surface area contributed by atoms with Crippen molar-refractivity contribution in [3.8, 4) is 0 Å². The first-order chi connectivity index (χ1) is 16.3. The Hall–Kier alpha value is -3.47. The molecule has 1 saturated carbocycles. The van der Waals surface area contributed by atoms with E-state index in [4.69, 9.17) is 0 Å². The van der Waals surface area contributed by atoms with Gasteiger partial charge in [0.1, 0.15) is 17.5 Å². The number of nitrogens with one attached hydrogen (secondary N) is 2. The van der Waals surface area contributed by atoms with Crippen LogP contribution in [0, 0.1) is 5.92 Å². The summed E-state index contributed by atoms with van der Waals surface area (Å²) in [5.41, 5.74) is -1.02. The Morgan fingerprint density at radius 3 is 2.59 bits per heavy atom. The van der Waals surface area contributed by atoms with E-state index in [2.05, 4.69) is 25.6 Å². The fourth-order valence-corrected chi connectivity index (χ4v) is 4.76. The number of alkyl halides is 3. The predicted octanol–water partition coefficient (Wildman–Crippen LogP) is 3.45. The number of carbonyl (C=O) groups is 1. The van der Waals surface area contributed by atoms with Crippen molar-refractivity contribution in [1.29, 1.82) is 0 Å². The minimum absolute atomic E-state index is 0.0819. The van der Waals surface area contributed by atoms with Crippen LogP contribution in [0.15, 0.2) is 48.9 Å². The summed E-state index contributed by atoms with van der Waals surface area (Å²) in [5, 5.41) is 22.2. The third kappa shape index (κ3) is 3.79. The number of aromatic amines is 1. The van der Waals surface area contributed by atoms with Crippen molar-refractivity contribution in [1.82, 2.24) is 30.1 Å². The average Bonchev–Trinajstić information content (AvgIpc) is 3.49. The molecule has 5 rings (SSSR count). The smallest absolute Gasteiger partial charge is 0.375 e. The zero-order valence-electron chi connectivity index (χ0n) is 18.1. The highest BCUT2D eigenvalue weighted by molar-refractivity contribution is 5.92. The molecule has 1 fully saturated rings. The van der Waals surface area contributed by atoms with Crippen LogP contribution in [-0.2, 0) is 10.4 Å². The minimum Gasteiger partial charge on any atom is -0.375 e. The number of aliphatic hydroxyl groups is 1. The molecule has 0 aliphatic heterocycles. The van der Waals surface area contributed by atoms with Crippen molar-refractivity contribution in [2.45, 2.75) is 43.4 Å². The number of nitrogens with zero attached hydrogens (tertiary/aromatic N) is 4. The molecule has 11 heteroatoms. The quantitative estimate of drug-likeness (QED) is 0.412. The maximum absolute atomic E-state index is 13.7. The van der Waals surface area contributed by atoms with E-state index in [-0.39, 0.29) is 11.5 Å². The molecule has 0 bridgehead atoms. The van der Waals surface area contributed by atoms with E-state index in [0.29, 0.717) is 25.7 Å². The number of carbonyl (C=O) groups excluding carboxylic acids is 1. The molecule has 1 aliphatic rings. The van der Waals surface area contributed by atoms with Gasteiger partial charge < -0.3 is 15.4 Å². The summed E-state index contributed by atoms with van der Waals surface area (Å²) < 4.78 is 42.7. The van der Waals surface area contributed by atoms with E-state index in [1.165, 1.54) is 24.3 Å². The Bertz CT molecular complexity index is 1310. The molecule has 1 aliphatic carbocycles.